The highest BCUT2D eigenvalue weighted by molar-refractivity contribution is 7.52. The molecule has 46 heavy (non-hydrogen) atoms. The molecule has 0 unspecified atom stereocenters. The quantitative estimate of drug-likeness (QED) is 0.114. The number of rotatable bonds is 14. The van der Waals surface area contributed by atoms with Crippen LogP contribution in [0.3, 0.4) is 0 Å². The molecule has 0 amide bonds. The predicted octanol–water partition coefficient (Wildman–Crippen LogP) is 9.63. The lowest BCUT2D eigenvalue weighted by molar-refractivity contribution is 0.368. The van der Waals surface area contributed by atoms with E-state index in [0.717, 1.165) is 33.4 Å². The zero-order valence-corrected chi connectivity index (χ0v) is 28.1. The molecule has 0 aromatic heterocycles. The Hall–Kier alpha value is -4.32. The summed E-state index contributed by atoms with van der Waals surface area (Å²) < 4.78 is 51.3. The number of hydrogen-bond donors (Lipinski definition) is 2. The van der Waals surface area contributed by atoms with Crippen molar-refractivity contribution in [2.75, 3.05) is 0 Å². The molecular formula is C36H38N2O6P2. The van der Waals surface area contributed by atoms with E-state index in [0.29, 0.717) is 23.0 Å². The Bertz CT molecular complexity index is 1570. The number of hydrogen-bond acceptors (Lipinski definition) is 6. The SMILES string of the molecule is Cc1ccc(OP(=O)(NCc2ccc(CNP(=O)(Oc3ccc(C)cc3)Oc3ccc(C)cc3)cc2)Oc2ccc(C)cc2)cc1. The lowest BCUT2D eigenvalue weighted by Gasteiger charge is -2.21. The van der Waals surface area contributed by atoms with E-state index in [4.69, 9.17) is 18.1 Å². The fraction of sp³-hybridized carbons (Fsp3) is 0.167. The third kappa shape index (κ3) is 9.84. The first-order chi connectivity index (χ1) is 22.0. The minimum atomic E-state index is -3.81. The minimum absolute atomic E-state index is 0.217. The normalized spacial score (nSPS) is 11.6. The molecular weight excluding hydrogens is 618 g/mol. The van der Waals surface area contributed by atoms with Crippen LogP contribution in [0.4, 0.5) is 0 Å². The molecule has 5 rings (SSSR count). The van der Waals surface area contributed by atoms with Gasteiger partial charge in [0.1, 0.15) is 23.0 Å². The van der Waals surface area contributed by atoms with Crippen LogP contribution < -0.4 is 28.3 Å². The molecule has 0 aliphatic heterocycles. The van der Waals surface area contributed by atoms with Crippen molar-refractivity contribution in [2.45, 2.75) is 40.8 Å². The summed E-state index contributed by atoms with van der Waals surface area (Å²) in [5.41, 5.74) is 5.93. The Labute approximate surface area is 270 Å². The zero-order valence-electron chi connectivity index (χ0n) is 26.3. The molecule has 0 bridgehead atoms. The molecule has 0 aliphatic rings. The van der Waals surface area contributed by atoms with Gasteiger partial charge in [-0.05, 0) is 87.4 Å². The van der Waals surface area contributed by atoms with Gasteiger partial charge in [0.25, 0.3) is 0 Å². The maximum atomic E-state index is 13.9. The molecule has 0 aliphatic carbocycles. The van der Waals surface area contributed by atoms with Gasteiger partial charge in [0.05, 0.1) is 0 Å². The van der Waals surface area contributed by atoms with E-state index in [1.54, 1.807) is 48.5 Å². The molecule has 2 N–H and O–H groups in total. The Morgan fingerprint density at radius 2 is 0.609 bits per heavy atom. The average molecular weight is 657 g/mol. The molecule has 8 nitrogen and oxygen atoms in total. The van der Waals surface area contributed by atoms with Crippen LogP contribution in [0.15, 0.2) is 121 Å². The number of aryl methyl sites for hydroxylation is 4. The monoisotopic (exact) mass is 656 g/mol. The smallest absolute Gasteiger partial charge is 0.405 e. The van der Waals surface area contributed by atoms with E-state index in [-0.39, 0.29) is 13.1 Å². The molecule has 5 aromatic rings. The zero-order chi connectivity index (χ0) is 32.6. The fourth-order valence-corrected chi connectivity index (χ4v) is 6.95. The summed E-state index contributed by atoms with van der Waals surface area (Å²) in [6.45, 7) is 8.31. The van der Waals surface area contributed by atoms with Crippen LogP contribution in [0, 0.1) is 27.7 Å². The summed E-state index contributed by atoms with van der Waals surface area (Å²) in [5.74, 6) is 1.72. The topological polar surface area (TPSA) is 95.1 Å². The van der Waals surface area contributed by atoms with Crippen molar-refractivity contribution in [3.05, 3.63) is 155 Å². The second kappa shape index (κ2) is 14.8. The van der Waals surface area contributed by atoms with E-state index in [1.807, 2.05) is 100 Å². The fourth-order valence-electron chi connectivity index (χ4n) is 4.27. The lowest BCUT2D eigenvalue weighted by atomic mass is 10.1. The van der Waals surface area contributed by atoms with Crippen molar-refractivity contribution in [2.24, 2.45) is 0 Å². The number of nitrogens with one attached hydrogen (secondary N) is 2. The molecule has 0 radical (unpaired) electrons. The van der Waals surface area contributed by atoms with Crippen molar-refractivity contribution in [1.29, 1.82) is 0 Å². The minimum Gasteiger partial charge on any atom is -0.405 e. The van der Waals surface area contributed by atoms with E-state index < -0.39 is 15.5 Å². The average Bonchev–Trinajstić information content (AvgIpc) is 3.04. The van der Waals surface area contributed by atoms with Crippen molar-refractivity contribution >= 4 is 15.5 Å². The molecule has 0 saturated heterocycles. The van der Waals surface area contributed by atoms with Crippen LogP contribution in [0.25, 0.3) is 0 Å². The first-order valence-corrected chi connectivity index (χ1v) is 18.0. The summed E-state index contributed by atoms with van der Waals surface area (Å²) in [4.78, 5) is 0. The Morgan fingerprint density at radius 1 is 0.391 bits per heavy atom. The maximum absolute atomic E-state index is 13.9. The van der Waals surface area contributed by atoms with Crippen LogP contribution in [0.2, 0.25) is 0 Å². The standard InChI is InChI=1S/C36H38N2O6P2/c1-27-5-17-33(18-6-27)41-45(39,42-34-19-7-28(2)8-20-34)37-25-31-13-15-32(16-14-31)26-38-46(40,43-35-21-9-29(3)10-22-35)44-36-23-11-30(4)12-24-36/h5-24H,25-26H2,1-4H3,(H,37,39)(H,38,40). The van der Waals surface area contributed by atoms with Crippen molar-refractivity contribution in [1.82, 2.24) is 10.2 Å². The van der Waals surface area contributed by atoms with Gasteiger partial charge in [-0.15, -0.1) is 0 Å². The molecule has 0 saturated carbocycles. The second-order valence-electron chi connectivity index (χ2n) is 11.1. The Morgan fingerprint density at radius 3 is 0.826 bits per heavy atom. The van der Waals surface area contributed by atoms with Crippen LogP contribution in [-0.4, -0.2) is 0 Å². The van der Waals surface area contributed by atoms with Gasteiger partial charge in [0.2, 0.25) is 0 Å². The van der Waals surface area contributed by atoms with Crippen molar-refractivity contribution < 1.29 is 27.2 Å². The van der Waals surface area contributed by atoms with Gasteiger partial charge in [0.15, 0.2) is 0 Å². The molecule has 5 aromatic carbocycles. The predicted molar refractivity (Wildman–Crippen MR) is 183 cm³/mol. The molecule has 0 fully saturated rings. The largest absolute Gasteiger partial charge is 0.513 e. The van der Waals surface area contributed by atoms with Crippen molar-refractivity contribution in [3.8, 4) is 23.0 Å². The van der Waals surface area contributed by atoms with E-state index >= 15 is 0 Å². The molecule has 0 atom stereocenters. The molecule has 0 heterocycles. The van der Waals surface area contributed by atoms with Crippen LogP contribution in [0.1, 0.15) is 33.4 Å². The van der Waals surface area contributed by atoms with Crippen LogP contribution in [0.5, 0.6) is 23.0 Å². The van der Waals surface area contributed by atoms with Crippen LogP contribution in [-0.2, 0) is 22.2 Å². The van der Waals surface area contributed by atoms with E-state index in [9.17, 15) is 9.13 Å². The lowest BCUT2D eigenvalue weighted by Crippen LogP contribution is -2.19. The highest BCUT2D eigenvalue weighted by Gasteiger charge is 2.30. The van der Waals surface area contributed by atoms with Gasteiger partial charge < -0.3 is 18.1 Å². The van der Waals surface area contributed by atoms with Gasteiger partial charge in [0, 0.05) is 13.1 Å². The highest BCUT2D eigenvalue weighted by Crippen LogP contribution is 2.46. The van der Waals surface area contributed by atoms with Gasteiger partial charge in [-0.25, -0.2) is 9.13 Å². The third-order valence-corrected chi connectivity index (χ3v) is 9.86. The third-order valence-electron chi connectivity index (χ3n) is 6.96. The first-order valence-electron chi connectivity index (χ1n) is 14.9. The van der Waals surface area contributed by atoms with Gasteiger partial charge in [-0.3, -0.25) is 0 Å². The summed E-state index contributed by atoms with van der Waals surface area (Å²) in [6, 6.07) is 36.7. The maximum Gasteiger partial charge on any atom is 0.513 e. The first kappa shape index (κ1) is 33.1. The highest BCUT2D eigenvalue weighted by atomic mass is 31.2. The Balaban J connectivity index is 1.26. The summed E-state index contributed by atoms with van der Waals surface area (Å²) in [7, 11) is -7.62. The summed E-state index contributed by atoms with van der Waals surface area (Å²) in [6.07, 6.45) is 0. The summed E-state index contributed by atoms with van der Waals surface area (Å²) >= 11 is 0. The second-order valence-corrected chi connectivity index (χ2v) is 14.5. The van der Waals surface area contributed by atoms with Gasteiger partial charge in [-0.1, -0.05) is 95.1 Å². The molecule has 0 spiro atoms. The molecule has 238 valence electrons. The van der Waals surface area contributed by atoms with Crippen LogP contribution >= 0.6 is 15.5 Å². The van der Waals surface area contributed by atoms with Gasteiger partial charge in [-0.2, -0.15) is 10.2 Å². The Kier molecular flexibility index (Phi) is 10.7. The van der Waals surface area contributed by atoms with Crippen molar-refractivity contribution in [3.63, 3.8) is 0 Å². The summed E-state index contributed by atoms with van der Waals surface area (Å²) in [5, 5.41) is 5.98. The number of benzene rings is 5. The van der Waals surface area contributed by atoms with Gasteiger partial charge >= 0.3 is 15.5 Å². The molecule has 10 heteroatoms. The van der Waals surface area contributed by atoms with E-state index in [1.165, 1.54) is 0 Å². The van der Waals surface area contributed by atoms with E-state index in [2.05, 4.69) is 10.2 Å².